The highest BCUT2D eigenvalue weighted by Gasteiger charge is 2.14. The minimum atomic E-state index is -0.0241. The van der Waals surface area contributed by atoms with Gasteiger partial charge in [0.15, 0.2) is 5.78 Å². The zero-order chi connectivity index (χ0) is 14.0. The number of hydrogen-bond donors (Lipinski definition) is 0. The van der Waals surface area contributed by atoms with Gasteiger partial charge in [0.2, 0.25) is 0 Å². The van der Waals surface area contributed by atoms with Crippen molar-refractivity contribution in [2.75, 3.05) is 0 Å². The molecule has 19 heavy (non-hydrogen) atoms. The summed E-state index contributed by atoms with van der Waals surface area (Å²) in [5, 5.41) is 0.542. The molecule has 0 aliphatic carbocycles. The Morgan fingerprint density at radius 2 is 1.68 bits per heavy atom. The van der Waals surface area contributed by atoms with Crippen molar-refractivity contribution in [1.82, 2.24) is 0 Å². The first kappa shape index (κ1) is 13.8. The molecule has 0 spiro atoms. The number of ketones is 1. The Labute approximate surface area is 119 Å². The van der Waals surface area contributed by atoms with E-state index in [0.717, 1.165) is 5.56 Å². The predicted molar refractivity (Wildman–Crippen MR) is 80.2 cm³/mol. The zero-order valence-electron chi connectivity index (χ0n) is 11.4. The van der Waals surface area contributed by atoms with Crippen LogP contribution in [0.4, 0.5) is 0 Å². The Bertz CT molecular complexity index is 597. The molecular weight excluding hydrogens is 256 g/mol. The average molecular weight is 273 g/mol. The highest BCUT2D eigenvalue weighted by molar-refractivity contribution is 6.35. The van der Waals surface area contributed by atoms with E-state index in [4.69, 9.17) is 11.6 Å². The molecule has 0 saturated carbocycles. The maximum atomic E-state index is 12.4. The number of carbonyl (C=O) groups is 1. The maximum Gasteiger partial charge on any atom is 0.194 e. The van der Waals surface area contributed by atoms with Crippen LogP contribution < -0.4 is 0 Å². The van der Waals surface area contributed by atoms with Gasteiger partial charge < -0.3 is 0 Å². The second-order valence-corrected chi connectivity index (χ2v) is 5.42. The fourth-order valence-electron chi connectivity index (χ4n) is 2.00. The zero-order valence-corrected chi connectivity index (χ0v) is 12.2. The molecule has 98 valence electrons. The van der Waals surface area contributed by atoms with E-state index in [2.05, 4.69) is 13.8 Å². The van der Waals surface area contributed by atoms with Crippen molar-refractivity contribution in [3.05, 3.63) is 69.7 Å². The van der Waals surface area contributed by atoms with Gasteiger partial charge in [0, 0.05) is 11.1 Å². The maximum absolute atomic E-state index is 12.4. The number of aryl methyl sites for hydroxylation is 1. The molecule has 2 heteroatoms. The van der Waals surface area contributed by atoms with Crippen LogP contribution in [0.2, 0.25) is 5.02 Å². The summed E-state index contributed by atoms with van der Waals surface area (Å²) in [6, 6.07) is 13.3. The number of halogens is 1. The first-order chi connectivity index (χ1) is 9.00. The van der Waals surface area contributed by atoms with Gasteiger partial charge in [-0.1, -0.05) is 61.8 Å². The van der Waals surface area contributed by atoms with E-state index >= 15 is 0 Å². The van der Waals surface area contributed by atoms with Crippen LogP contribution in [0.5, 0.6) is 0 Å². The van der Waals surface area contributed by atoms with Crippen molar-refractivity contribution in [2.24, 2.45) is 0 Å². The third kappa shape index (κ3) is 2.87. The van der Waals surface area contributed by atoms with E-state index in [1.165, 1.54) is 5.56 Å². The lowest BCUT2D eigenvalue weighted by Crippen LogP contribution is -2.03. The summed E-state index contributed by atoms with van der Waals surface area (Å²) in [5.74, 6) is 0.440. The van der Waals surface area contributed by atoms with Gasteiger partial charge in [-0.05, 0) is 30.0 Å². The largest absolute Gasteiger partial charge is 0.289 e. The third-order valence-corrected chi connectivity index (χ3v) is 3.78. The molecule has 0 aliphatic rings. The SMILES string of the molecule is Cc1cccc(C(=O)c2ccc(C(C)C)cc2)c1Cl. The number of benzene rings is 2. The molecule has 0 radical (unpaired) electrons. The Balaban J connectivity index is 2.36. The van der Waals surface area contributed by atoms with Gasteiger partial charge in [-0.2, -0.15) is 0 Å². The summed E-state index contributed by atoms with van der Waals surface area (Å²) in [6.45, 7) is 6.17. The van der Waals surface area contributed by atoms with Gasteiger partial charge in [-0.3, -0.25) is 4.79 Å². The minimum absolute atomic E-state index is 0.0241. The van der Waals surface area contributed by atoms with Gasteiger partial charge in [0.25, 0.3) is 0 Å². The topological polar surface area (TPSA) is 17.1 Å². The summed E-state index contributed by atoms with van der Waals surface area (Å²) in [4.78, 5) is 12.4. The smallest absolute Gasteiger partial charge is 0.194 e. The Hall–Kier alpha value is -1.60. The molecule has 0 unspecified atom stereocenters. The van der Waals surface area contributed by atoms with Gasteiger partial charge in [0.1, 0.15) is 0 Å². The summed E-state index contributed by atoms with van der Waals surface area (Å²) in [5.41, 5.74) is 3.40. The van der Waals surface area contributed by atoms with Crippen LogP contribution in [-0.2, 0) is 0 Å². The molecule has 0 aromatic heterocycles. The van der Waals surface area contributed by atoms with Crippen LogP contribution >= 0.6 is 11.6 Å². The van der Waals surface area contributed by atoms with Crippen molar-refractivity contribution >= 4 is 17.4 Å². The lowest BCUT2D eigenvalue weighted by Gasteiger charge is -2.08. The molecule has 2 aromatic rings. The lowest BCUT2D eigenvalue weighted by atomic mass is 9.97. The molecule has 0 heterocycles. The predicted octanol–water partition coefficient (Wildman–Crippen LogP) is 5.00. The fourth-order valence-corrected chi connectivity index (χ4v) is 2.21. The summed E-state index contributed by atoms with van der Waals surface area (Å²) >= 11 is 6.20. The van der Waals surface area contributed by atoms with E-state index in [0.29, 0.717) is 22.1 Å². The van der Waals surface area contributed by atoms with E-state index in [-0.39, 0.29) is 5.78 Å². The number of carbonyl (C=O) groups excluding carboxylic acids is 1. The Morgan fingerprint density at radius 3 is 2.26 bits per heavy atom. The molecule has 0 aliphatic heterocycles. The van der Waals surface area contributed by atoms with Crippen LogP contribution in [0.25, 0.3) is 0 Å². The summed E-state index contributed by atoms with van der Waals surface area (Å²) in [6.07, 6.45) is 0. The van der Waals surface area contributed by atoms with E-state index in [1.807, 2.05) is 43.3 Å². The molecule has 0 fully saturated rings. The van der Waals surface area contributed by atoms with Crippen molar-refractivity contribution in [1.29, 1.82) is 0 Å². The van der Waals surface area contributed by atoms with Gasteiger partial charge in [-0.25, -0.2) is 0 Å². The van der Waals surface area contributed by atoms with E-state index in [1.54, 1.807) is 6.07 Å². The molecule has 1 nitrogen and oxygen atoms in total. The van der Waals surface area contributed by atoms with Gasteiger partial charge in [0.05, 0.1) is 5.02 Å². The lowest BCUT2D eigenvalue weighted by molar-refractivity contribution is 0.103. The second-order valence-electron chi connectivity index (χ2n) is 5.04. The van der Waals surface area contributed by atoms with Crippen molar-refractivity contribution < 1.29 is 4.79 Å². The summed E-state index contributed by atoms with van der Waals surface area (Å²) < 4.78 is 0. The first-order valence-corrected chi connectivity index (χ1v) is 6.78. The van der Waals surface area contributed by atoms with Crippen LogP contribution in [0.1, 0.15) is 46.8 Å². The van der Waals surface area contributed by atoms with Crippen LogP contribution in [0.3, 0.4) is 0 Å². The molecule has 2 rings (SSSR count). The highest BCUT2D eigenvalue weighted by atomic mass is 35.5. The van der Waals surface area contributed by atoms with Crippen LogP contribution in [-0.4, -0.2) is 5.78 Å². The second kappa shape index (κ2) is 5.58. The third-order valence-electron chi connectivity index (χ3n) is 3.28. The first-order valence-electron chi connectivity index (χ1n) is 6.40. The van der Waals surface area contributed by atoms with Crippen LogP contribution in [0.15, 0.2) is 42.5 Å². The molecule has 0 atom stereocenters. The Kier molecular flexibility index (Phi) is 4.06. The monoisotopic (exact) mass is 272 g/mol. The molecule has 0 amide bonds. The van der Waals surface area contributed by atoms with Crippen molar-refractivity contribution in [2.45, 2.75) is 26.7 Å². The Morgan fingerprint density at radius 1 is 1.05 bits per heavy atom. The molecule has 0 bridgehead atoms. The van der Waals surface area contributed by atoms with Crippen molar-refractivity contribution in [3.63, 3.8) is 0 Å². The molecular formula is C17H17ClO. The number of rotatable bonds is 3. The normalized spacial score (nSPS) is 10.8. The summed E-state index contributed by atoms with van der Waals surface area (Å²) in [7, 11) is 0. The average Bonchev–Trinajstić information content (AvgIpc) is 2.41. The quantitative estimate of drug-likeness (QED) is 0.719. The molecule has 0 N–H and O–H groups in total. The fraction of sp³-hybridized carbons (Fsp3) is 0.235. The van der Waals surface area contributed by atoms with Crippen LogP contribution in [0, 0.1) is 6.92 Å². The highest BCUT2D eigenvalue weighted by Crippen LogP contribution is 2.24. The van der Waals surface area contributed by atoms with E-state index < -0.39 is 0 Å². The standard InChI is InChI=1S/C17H17ClO/c1-11(2)13-7-9-14(10-8-13)17(19)15-6-4-5-12(3)16(15)18/h4-11H,1-3H3. The molecule has 0 saturated heterocycles. The van der Waals surface area contributed by atoms with E-state index in [9.17, 15) is 4.79 Å². The van der Waals surface area contributed by atoms with Crippen molar-refractivity contribution in [3.8, 4) is 0 Å². The molecule has 2 aromatic carbocycles. The minimum Gasteiger partial charge on any atom is -0.289 e. The number of hydrogen-bond acceptors (Lipinski definition) is 1. The van der Waals surface area contributed by atoms with Gasteiger partial charge >= 0.3 is 0 Å². The van der Waals surface area contributed by atoms with Gasteiger partial charge in [-0.15, -0.1) is 0 Å².